The molecule has 0 radical (unpaired) electrons. The summed E-state index contributed by atoms with van der Waals surface area (Å²) in [4.78, 5) is 24.6. The Labute approximate surface area is 156 Å². The molecule has 1 aromatic carbocycles. The minimum absolute atomic E-state index is 0.251. The van der Waals surface area contributed by atoms with Gasteiger partial charge in [0.05, 0.1) is 11.1 Å². The van der Waals surface area contributed by atoms with E-state index in [0.717, 1.165) is 17.9 Å². The molecular weight excluding hydrogens is 387 g/mol. The van der Waals surface area contributed by atoms with E-state index in [4.69, 9.17) is 4.74 Å². The van der Waals surface area contributed by atoms with E-state index in [-0.39, 0.29) is 5.56 Å². The molecule has 0 unspecified atom stereocenters. The van der Waals surface area contributed by atoms with Crippen LogP contribution < -0.4 is 5.32 Å². The van der Waals surface area contributed by atoms with Gasteiger partial charge >= 0.3 is 12.1 Å². The molecule has 0 aliphatic carbocycles. The number of hydrogen-bond donors (Lipinski definition) is 1. The fourth-order valence-electron chi connectivity index (χ4n) is 1.92. The van der Waals surface area contributed by atoms with Crippen LogP contribution in [-0.2, 0) is 21.5 Å². The smallest absolute Gasteiger partial charge is 0.416 e. The Balaban J connectivity index is 1.67. The number of hydrogen-bond acceptors (Lipinski definition) is 5. The molecule has 0 aliphatic rings. The fourth-order valence-corrected chi connectivity index (χ4v) is 3.62. The number of carbonyl (C=O) groups is 2. The van der Waals surface area contributed by atoms with E-state index in [1.54, 1.807) is 23.1 Å². The number of carbonyl (C=O) groups excluding carboxylic acids is 2. The Morgan fingerprint density at radius 3 is 2.69 bits per heavy atom. The molecule has 0 atom stereocenters. The third-order valence-corrected chi connectivity index (χ3v) is 5.22. The molecule has 140 valence electrons. The van der Waals surface area contributed by atoms with Crippen LogP contribution in [-0.4, -0.2) is 30.8 Å². The fraction of sp³-hybridized carbons (Fsp3) is 0.294. The van der Waals surface area contributed by atoms with E-state index in [0.29, 0.717) is 18.4 Å². The zero-order valence-electron chi connectivity index (χ0n) is 13.5. The van der Waals surface area contributed by atoms with E-state index in [9.17, 15) is 22.8 Å². The highest BCUT2D eigenvalue weighted by molar-refractivity contribution is 7.98. The van der Waals surface area contributed by atoms with Gasteiger partial charge in [-0.25, -0.2) is 4.79 Å². The zero-order chi connectivity index (χ0) is 19.0. The summed E-state index contributed by atoms with van der Waals surface area (Å²) in [5, 5.41) is 4.59. The zero-order valence-corrected chi connectivity index (χ0v) is 15.2. The second-order valence-electron chi connectivity index (χ2n) is 5.14. The summed E-state index contributed by atoms with van der Waals surface area (Å²) in [6, 6.07) is 7.88. The first kappa shape index (κ1) is 20.3. The highest BCUT2D eigenvalue weighted by atomic mass is 32.2. The molecule has 4 nitrogen and oxygen atoms in total. The maximum atomic E-state index is 12.6. The van der Waals surface area contributed by atoms with Crippen molar-refractivity contribution in [3.8, 4) is 0 Å². The average Bonchev–Trinajstić information content (AvgIpc) is 3.12. The molecule has 0 bridgehead atoms. The van der Waals surface area contributed by atoms with Crippen LogP contribution in [0.2, 0.25) is 0 Å². The molecule has 0 saturated carbocycles. The Kier molecular flexibility index (Phi) is 7.52. The standard InChI is InChI=1S/C17H16F3NO3S2/c18-17(19,20)13-4-1-3-12(9-13)16(23)24-10-15(22)21-6-8-25-11-14-5-2-7-26-14/h1-5,7,9H,6,8,10-11H2,(H,21,22). The van der Waals surface area contributed by atoms with E-state index < -0.39 is 30.2 Å². The Morgan fingerprint density at radius 1 is 1.19 bits per heavy atom. The summed E-state index contributed by atoms with van der Waals surface area (Å²) < 4.78 is 42.6. The molecule has 9 heteroatoms. The first-order valence-electron chi connectivity index (χ1n) is 7.57. The molecule has 26 heavy (non-hydrogen) atoms. The predicted molar refractivity (Wildman–Crippen MR) is 95.2 cm³/mol. The van der Waals surface area contributed by atoms with Crippen LogP contribution in [0.1, 0.15) is 20.8 Å². The Hall–Kier alpha value is -2.00. The SMILES string of the molecule is O=C(COC(=O)c1cccc(C(F)(F)F)c1)NCCSCc1cccs1. The Morgan fingerprint density at radius 2 is 2.00 bits per heavy atom. The summed E-state index contributed by atoms with van der Waals surface area (Å²) >= 11 is 3.32. The molecule has 0 fully saturated rings. The summed E-state index contributed by atoms with van der Waals surface area (Å²) in [5.74, 6) is 0.0869. The minimum atomic E-state index is -4.55. The van der Waals surface area contributed by atoms with Gasteiger partial charge in [-0.2, -0.15) is 24.9 Å². The number of thiophene rings is 1. The molecule has 2 rings (SSSR count). The van der Waals surface area contributed by atoms with Gasteiger partial charge in [-0.3, -0.25) is 4.79 Å². The molecule has 2 aromatic rings. The van der Waals surface area contributed by atoms with Crippen molar-refractivity contribution in [2.75, 3.05) is 18.9 Å². The largest absolute Gasteiger partial charge is 0.452 e. The molecule has 1 amide bonds. The van der Waals surface area contributed by atoms with Gasteiger partial charge in [-0.05, 0) is 29.6 Å². The predicted octanol–water partition coefficient (Wildman–Crippen LogP) is 3.97. The van der Waals surface area contributed by atoms with Gasteiger partial charge in [-0.15, -0.1) is 11.3 Å². The molecule has 0 saturated heterocycles. The topological polar surface area (TPSA) is 55.4 Å². The van der Waals surface area contributed by atoms with Gasteiger partial charge in [0.2, 0.25) is 0 Å². The molecular formula is C17H16F3NO3S2. The number of ether oxygens (including phenoxy) is 1. The summed E-state index contributed by atoms with van der Waals surface area (Å²) in [5.41, 5.74) is -1.20. The Bertz CT molecular complexity index is 733. The van der Waals surface area contributed by atoms with E-state index in [1.807, 2.05) is 17.5 Å². The van der Waals surface area contributed by atoms with Crippen LogP contribution in [0.5, 0.6) is 0 Å². The third-order valence-electron chi connectivity index (χ3n) is 3.15. The average molecular weight is 403 g/mol. The van der Waals surface area contributed by atoms with Crippen molar-refractivity contribution in [2.24, 2.45) is 0 Å². The second kappa shape index (κ2) is 9.63. The third kappa shape index (κ3) is 6.72. The summed E-state index contributed by atoms with van der Waals surface area (Å²) in [7, 11) is 0. The normalized spacial score (nSPS) is 11.2. The maximum Gasteiger partial charge on any atom is 0.416 e. The maximum absolute atomic E-state index is 12.6. The quantitative estimate of drug-likeness (QED) is 0.535. The molecule has 1 N–H and O–H groups in total. The van der Waals surface area contributed by atoms with E-state index in [1.165, 1.54) is 10.9 Å². The van der Waals surface area contributed by atoms with Crippen molar-refractivity contribution in [2.45, 2.75) is 11.9 Å². The lowest BCUT2D eigenvalue weighted by atomic mass is 10.1. The van der Waals surface area contributed by atoms with Crippen molar-refractivity contribution in [3.63, 3.8) is 0 Å². The molecule has 1 aromatic heterocycles. The van der Waals surface area contributed by atoms with E-state index >= 15 is 0 Å². The van der Waals surface area contributed by atoms with Crippen LogP contribution in [0.3, 0.4) is 0 Å². The van der Waals surface area contributed by atoms with Crippen LogP contribution >= 0.6 is 23.1 Å². The highest BCUT2D eigenvalue weighted by Crippen LogP contribution is 2.29. The first-order chi connectivity index (χ1) is 12.4. The molecule has 0 spiro atoms. The van der Waals surface area contributed by atoms with Crippen molar-refractivity contribution >= 4 is 35.0 Å². The number of esters is 1. The van der Waals surface area contributed by atoms with Crippen LogP contribution in [0.4, 0.5) is 13.2 Å². The lowest BCUT2D eigenvalue weighted by Gasteiger charge is -2.09. The lowest BCUT2D eigenvalue weighted by molar-refractivity contribution is -0.137. The molecule has 1 heterocycles. The van der Waals surface area contributed by atoms with Crippen molar-refractivity contribution in [1.29, 1.82) is 0 Å². The second-order valence-corrected chi connectivity index (χ2v) is 7.27. The minimum Gasteiger partial charge on any atom is -0.452 e. The van der Waals surface area contributed by atoms with E-state index in [2.05, 4.69) is 5.32 Å². The number of alkyl halides is 3. The van der Waals surface area contributed by atoms with Gasteiger partial charge in [0.15, 0.2) is 6.61 Å². The number of nitrogens with one attached hydrogen (secondary N) is 1. The lowest BCUT2D eigenvalue weighted by Crippen LogP contribution is -2.30. The van der Waals surface area contributed by atoms with Crippen molar-refractivity contribution < 1.29 is 27.5 Å². The number of halogens is 3. The number of benzene rings is 1. The summed E-state index contributed by atoms with van der Waals surface area (Å²) in [6.07, 6.45) is -4.55. The van der Waals surface area contributed by atoms with Crippen LogP contribution in [0, 0.1) is 0 Å². The number of rotatable bonds is 8. The first-order valence-corrected chi connectivity index (χ1v) is 9.61. The van der Waals surface area contributed by atoms with Gasteiger partial charge < -0.3 is 10.1 Å². The molecule has 0 aliphatic heterocycles. The van der Waals surface area contributed by atoms with Gasteiger partial charge in [0, 0.05) is 22.9 Å². The summed E-state index contributed by atoms with van der Waals surface area (Å²) in [6.45, 7) is -0.124. The van der Waals surface area contributed by atoms with Crippen molar-refractivity contribution in [1.82, 2.24) is 5.32 Å². The van der Waals surface area contributed by atoms with Crippen molar-refractivity contribution in [3.05, 3.63) is 57.8 Å². The number of thioether (sulfide) groups is 1. The van der Waals surface area contributed by atoms with Gasteiger partial charge in [-0.1, -0.05) is 12.1 Å². The number of amides is 1. The van der Waals surface area contributed by atoms with Crippen LogP contribution in [0.15, 0.2) is 41.8 Å². The van der Waals surface area contributed by atoms with Crippen LogP contribution in [0.25, 0.3) is 0 Å². The van der Waals surface area contributed by atoms with Gasteiger partial charge in [0.25, 0.3) is 5.91 Å². The van der Waals surface area contributed by atoms with Gasteiger partial charge in [0.1, 0.15) is 0 Å². The highest BCUT2D eigenvalue weighted by Gasteiger charge is 2.31. The monoisotopic (exact) mass is 403 g/mol.